The molecule has 1 aliphatic rings. The summed E-state index contributed by atoms with van der Waals surface area (Å²) >= 11 is 0. The van der Waals surface area contributed by atoms with Crippen molar-refractivity contribution in [2.24, 2.45) is 0 Å². The zero-order chi connectivity index (χ0) is 21.3. The summed E-state index contributed by atoms with van der Waals surface area (Å²) in [4.78, 5) is 28.0. The molecule has 0 aliphatic carbocycles. The normalized spacial score (nSPS) is 13.6. The van der Waals surface area contributed by atoms with E-state index in [1.54, 1.807) is 11.0 Å². The molecule has 1 heterocycles. The maximum atomic E-state index is 12.7. The van der Waals surface area contributed by atoms with Crippen molar-refractivity contribution in [1.82, 2.24) is 15.1 Å². The third-order valence-corrected chi connectivity index (χ3v) is 5.59. The summed E-state index contributed by atoms with van der Waals surface area (Å²) in [5.74, 6) is 0.251. The second-order valence-electron chi connectivity index (χ2n) is 7.89. The first kappa shape index (κ1) is 21.8. The summed E-state index contributed by atoms with van der Waals surface area (Å²) in [6.45, 7) is 3.83. The van der Waals surface area contributed by atoms with Crippen LogP contribution in [0.3, 0.4) is 0 Å². The van der Waals surface area contributed by atoms with Gasteiger partial charge in [-0.25, -0.2) is 0 Å². The molecule has 0 unspecified atom stereocenters. The quantitative estimate of drug-likeness (QED) is 0.468. The van der Waals surface area contributed by atoms with Gasteiger partial charge in [0, 0.05) is 50.9 Å². The number of carbonyl (C=O) groups excluding carboxylic acids is 2. The number of hydrogen-bond acceptors (Lipinski definition) is 4. The molecule has 6 nitrogen and oxygen atoms in total. The monoisotopic (exact) mass is 408 g/mol. The first-order valence-corrected chi connectivity index (χ1v) is 10.7. The summed E-state index contributed by atoms with van der Waals surface area (Å²) in [7, 11) is 1.82. The first-order valence-electron chi connectivity index (χ1n) is 10.7. The van der Waals surface area contributed by atoms with Crippen molar-refractivity contribution in [3.05, 3.63) is 65.2 Å². The molecule has 0 bridgehead atoms. The molecule has 1 saturated heterocycles. The molecule has 3 N–H and O–H groups in total. The van der Waals surface area contributed by atoms with E-state index in [-0.39, 0.29) is 11.8 Å². The van der Waals surface area contributed by atoms with Crippen molar-refractivity contribution in [2.75, 3.05) is 39.0 Å². The van der Waals surface area contributed by atoms with Gasteiger partial charge in [-0.15, -0.1) is 0 Å². The fraction of sp³-hybridized carbons (Fsp3) is 0.417. The fourth-order valence-electron chi connectivity index (χ4n) is 3.71. The smallest absolute Gasteiger partial charge is 0.253 e. The van der Waals surface area contributed by atoms with Gasteiger partial charge in [0.15, 0.2) is 0 Å². The Labute approximate surface area is 179 Å². The number of nitrogen functional groups attached to an aromatic ring is 1. The van der Waals surface area contributed by atoms with E-state index in [0.717, 1.165) is 44.5 Å². The van der Waals surface area contributed by atoms with Crippen LogP contribution < -0.4 is 11.1 Å². The number of nitrogens with one attached hydrogen (secondary N) is 1. The Morgan fingerprint density at radius 3 is 2.70 bits per heavy atom. The number of anilines is 1. The number of benzene rings is 2. The third kappa shape index (κ3) is 6.07. The lowest BCUT2D eigenvalue weighted by Crippen LogP contribution is -2.29. The van der Waals surface area contributed by atoms with Crippen LogP contribution in [0, 0.1) is 0 Å². The summed E-state index contributed by atoms with van der Waals surface area (Å²) in [5, 5.41) is 3.38. The lowest BCUT2D eigenvalue weighted by atomic mass is 10.1. The van der Waals surface area contributed by atoms with Crippen molar-refractivity contribution in [3.8, 4) is 0 Å². The van der Waals surface area contributed by atoms with Gasteiger partial charge in [0.25, 0.3) is 5.91 Å². The molecule has 2 amide bonds. The van der Waals surface area contributed by atoms with Gasteiger partial charge in [-0.05, 0) is 49.1 Å². The highest BCUT2D eigenvalue weighted by Gasteiger charge is 2.19. The SMILES string of the molecule is CN(CCc1ccccc1)C(=O)c1ccc(CNCCCN2CCCC2=O)c(N)c1. The predicted molar refractivity (Wildman–Crippen MR) is 120 cm³/mol. The van der Waals surface area contributed by atoms with Crippen LogP contribution in [0.1, 0.15) is 40.7 Å². The van der Waals surface area contributed by atoms with Crippen molar-refractivity contribution in [2.45, 2.75) is 32.2 Å². The molecular weight excluding hydrogens is 376 g/mol. The minimum atomic E-state index is -0.0209. The van der Waals surface area contributed by atoms with E-state index in [9.17, 15) is 9.59 Å². The van der Waals surface area contributed by atoms with Crippen LogP contribution in [-0.2, 0) is 17.8 Å². The molecule has 2 aromatic carbocycles. The zero-order valence-electron chi connectivity index (χ0n) is 17.8. The van der Waals surface area contributed by atoms with Crippen LogP contribution in [0.5, 0.6) is 0 Å². The van der Waals surface area contributed by atoms with Gasteiger partial charge in [0.05, 0.1) is 0 Å². The molecule has 3 rings (SSSR count). The van der Waals surface area contributed by atoms with E-state index in [1.165, 1.54) is 5.56 Å². The number of amides is 2. The van der Waals surface area contributed by atoms with Crippen molar-refractivity contribution in [3.63, 3.8) is 0 Å². The molecule has 0 saturated carbocycles. The van der Waals surface area contributed by atoms with Crippen LogP contribution in [0.4, 0.5) is 5.69 Å². The molecule has 160 valence electrons. The van der Waals surface area contributed by atoms with Gasteiger partial charge in [0.1, 0.15) is 0 Å². The van der Waals surface area contributed by atoms with E-state index in [2.05, 4.69) is 17.4 Å². The van der Waals surface area contributed by atoms with E-state index in [1.807, 2.05) is 42.3 Å². The standard InChI is InChI=1S/C24H32N4O2/c1-27(16-12-19-7-3-2-4-8-19)24(30)20-10-11-21(22(25)17-20)18-26-13-6-15-28-14-5-9-23(28)29/h2-4,7-8,10-11,17,26H,5-6,9,12-16,18,25H2,1H3. The fourth-order valence-corrected chi connectivity index (χ4v) is 3.71. The Morgan fingerprint density at radius 2 is 2.00 bits per heavy atom. The molecule has 0 aromatic heterocycles. The van der Waals surface area contributed by atoms with E-state index in [0.29, 0.717) is 30.8 Å². The number of likely N-dealkylation sites (tertiary alicyclic amines) is 1. The first-order chi connectivity index (χ1) is 14.5. The summed E-state index contributed by atoms with van der Waals surface area (Å²) in [6.07, 6.45) is 3.42. The minimum absolute atomic E-state index is 0.0209. The molecule has 30 heavy (non-hydrogen) atoms. The lowest BCUT2D eigenvalue weighted by Gasteiger charge is -2.18. The van der Waals surface area contributed by atoms with Crippen LogP contribution in [-0.4, -0.2) is 54.8 Å². The second-order valence-corrected chi connectivity index (χ2v) is 7.89. The highest BCUT2D eigenvalue weighted by Crippen LogP contribution is 2.16. The van der Waals surface area contributed by atoms with E-state index in [4.69, 9.17) is 5.73 Å². The summed E-state index contributed by atoms with van der Waals surface area (Å²) in [5.41, 5.74) is 9.63. The van der Waals surface area contributed by atoms with Gasteiger partial charge in [-0.2, -0.15) is 0 Å². The van der Waals surface area contributed by atoms with Gasteiger partial charge >= 0.3 is 0 Å². The summed E-state index contributed by atoms with van der Waals surface area (Å²) in [6, 6.07) is 15.7. The maximum Gasteiger partial charge on any atom is 0.253 e. The molecule has 2 aromatic rings. The topological polar surface area (TPSA) is 78.7 Å². The largest absolute Gasteiger partial charge is 0.398 e. The number of nitrogens with two attached hydrogens (primary N) is 1. The van der Waals surface area contributed by atoms with E-state index < -0.39 is 0 Å². The molecule has 0 radical (unpaired) electrons. The van der Waals surface area contributed by atoms with Crippen LogP contribution in [0.15, 0.2) is 48.5 Å². The highest BCUT2D eigenvalue weighted by atomic mass is 16.2. The Hall–Kier alpha value is -2.86. The van der Waals surface area contributed by atoms with Crippen LogP contribution in [0.2, 0.25) is 0 Å². The molecule has 1 fully saturated rings. The third-order valence-electron chi connectivity index (χ3n) is 5.59. The summed E-state index contributed by atoms with van der Waals surface area (Å²) < 4.78 is 0. The zero-order valence-corrected chi connectivity index (χ0v) is 17.8. The highest BCUT2D eigenvalue weighted by molar-refractivity contribution is 5.95. The maximum absolute atomic E-state index is 12.7. The average Bonchev–Trinajstić information content (AvgIpc) is 3.17. The molecule has 0 atom stereocenters. The van der Waals surface area contributed by atoms with Gasteiger partial charge in [-0.3, -0.25) is 9.59 Å². The number of nitrogens with zero attached hydrogens (tertiary/aromatic N) is 2. The van der Waals surface area contributed by atoms with Crippen LogP contribution >= 0.6 is 0 Å². The number of carbonyl (C=O) groups is 2. The number of likely N-dealkylation sites (N-methyl/N-ethyl adjacent to an activating group) is 1. The van der Waals surface area contributed by atoms with Gasteiger partial charge in [0.2, 0.25) is 5.91 Å². The second kappa shape index (κ2) is 10.8. The van der Waals surface area contributed by atoms with Crippen molar-refractivity contribution < 1.29 is 9.59 Å². The van der Waals surface area contributed by atoms with Gasteiger partial charge < -0.3 is 20.9 Å². The van der Waals surface area contributed by atoms with Gasteiger partial charge in [-0.1, -0.05) is 36.4 Å². The van der Waals surface area contributed by atoms with E-state index >= 15 is 0 Å². The Morgan fingerprint density at radius 1 is 1.20 bits per heavy atom. The Bertz CT molecular complexity index is 854. The average molecular weight is 409 g/mol. The van der Waals surface area contributed by atoms with Crippen molar-refractivity contribution in [1.29, 1.82) is 0 Å². The molecule has 1 aliphatic heterocycles. The lowest BCUT2D eigenvalue weighted by molar-refractivity contribution is -0.127. The number of rotatable bonds is 10. The predicted octanol–water partition coefficient (Wildman–Crippen LogP) is 2.69. The van der Waals surface area contributed by atoms with Crippen molar-refractivity contribution >= 4 is 17.5 Å². The minimum Gasteiger partial charge on any atom is -0.398 e. The Balaban J connectivity index is 1.43. The number of hydrogen-bond donors (Lipinski definition) is 2. The molecule has 6 heteroatoms. The molecular formula is C24H32N4O2. The van der Waals surface area contributed by atoms with Crippen LogP contribution in [0.25, 0.3) is 0 Å². The Kier molecular flexibility index (Phi) is 7.85. The molecule has 0 spiro atoms.